The topological polar surface area (TPSA) is 84.9 Å². The first-order chi connectivity index (χ1) is 10.9. The standard InChI is InChI=1S/C16H22N2O5/c1-4-9-22-13-7-5-12(6-8-13)16(21)23-11-14(19)17-10-15(20)18(2)3/h5-8H,4,9-11H2,1-3H3,(H,17,19). The Kier molecular flexibility index (Phi) is 7.59. The van der Waals surface area contributed by atoms with E-state index in [2.05, 4.69) is 5.32 Å². The number of amides is 2. The number of esters is 1. The third-order valence-electron chi connectivity index (χ3n) is 2.83. The average Bonchev–Trinajstić information content (AvgIpc) is 2.55. The van der Waals surface area contributed by atoms with Gasteiger partial charge in [-0.05, 0) is 30.7 Å². The van der Waals surface area contributed by atoms with Crippen molar-refractivity contribution in [1.29, 1.82) is 0 Å². The molecule has 0 fully saturated rings. The lowest BCUT2D eigenvalue weighted by atomic mass is 10.2. The van der Waals surface area contributed by atoms with Crippen LogP contribution in [-0.2, 0) is 14.3 Å². The van der Waals surface area contributed by atoms with Gasteiger partial charge in [0.15, 0.2) is 6.61 Å². The number of benzene rings is 1. The van der Waals surface area contributed by atoms with Crippen LogP contribution in [0.25, 0.3) is 0 Å². The molecular weight excluding hydrogens is 300 g/mol. The van der Waals surface area contributed by atoms with Gasteiger partial charge in [-0.1, -0.05) is 6.92 Å². The lowest BCUT2D eigenvalue weighted by Crippen LogP contribution is -2.38. The molecule has 0 aliphatic heterocycles. The summed E-state index contributed by atoms with van der Waals surface area (Å²) in [6.07, 6.45) is 0.898. The number of hydrogen-bond donors (Lipinski definition) is 1. The zero-order chi connectivity index (χ0) is 17.2. The van der Waals surface area contributed by atoms with Gasteiger partial charge in [0.1, 0.15) is 5.75 Å². The Morgan fingerprint density at radius 2 is 1.78 bits per heavy atom. The van der Waals surface area contributed by atoms with Crippen molar-refractivity contribution in [3.8, 4) is 5.75 Å². The van der Waals surface area contributed by atoms with E-state index in [4.69, 9.17) is 9.47 Å². The molecular formula is C16H22N2O5. The van der Waals surface area contributed by atoms with E-state index >= 15 is 0 Å². The maximum absolute atomic E-state index is 11.8. The minimum absolute atomic E-state index is 0.132. The summed E-state index contributed by atoms with van der Waals surface area (Å²) in [7, 11) is 3.17. The molecule has 0 heterocycles. The van der Waals surface area contributed by atoms with Crippen LogP contribution in [0, 0.1) is 0 Å². The van der Waals surface area contributed by atoms with E-state index in [9.17, 15) is 14.4 Å². The summed E-state index contributed by atoms with van der Waals surface area (Å²) in [6, 6.07) is 6.48. The van der Waals surface area contributed by atoms with Gasteiger partial charge >= 0.3 is 5.97 Å². The molecule has 0 atom stereocenters. The van der Waals surface area contributed by atoms with Crippen LogP contribution in [0.5, 0.6) is 5.75 Å². The lowest BCUT2D eigenvalue weighted by Gasteiger charge is -2.11. The summed E-state index contributed by atoms with van der Waals surface area (Å²) in [6.45, 7) is 2.04. The first-order valence-electron chi connectivity index (χ1n) is 7.31. The van der Waals surface area contributed by atoms with Crippen LogP contribution in [0.4, 0.5) is 0 Å². The van der Waals surface area contributed by atoms with Gasteiger partial charge in [-0.25, -0.2) is 4.79 Å². The second kappa shape index (κ2) is 9.45. The summed E-state index contributed by atoms with van der Waals surface area (Å²) >= 11 is 0. The molecule has 0 radical (unpaired) electrons. The summed E-state index contributed by atoms with van der Waals surface area (Å²) < 4.78 is 10.3. The largest absolute Gasteiger partial charge is 0.494 e. The van der Waals surface area contributed by atoms with E-state index in [0.717, 1.165) is 6.42 Å². The summed E-state index contributed by atoms with van der Waals surface area (Å²) in [4.78, 5) is 36.0. The highest BCUT2D eigenvalue weighted by Gasteiger charge is 2.11. The molecule has 1 rings (SSSR count). The SMILES string of the molecule is CCCOc1ccc(C(=O)OCC(=O)NCC(=O)N(C)C)cc1. The number of likely N-dealkylation sites (N-methyl/N-ethyl adjacent to an activating group) is 1. The number of carbonyl (C=O) groups is 3. The van der Waals surface area contributed by atoms with E-state index in [1.54, 1.807) is 38.4 Å². The zero-order valence-electron chi connectivity index (χ0n) is 13.6. The number of ether oxygens (including phenoxy) is 2. The Morgan fingerprint density at radius 3 is 2.35 bits per heavy atom. The maximum Gasteiger partial charge on any atom is 0.338 e. The molecule has 7 nitrogen and oxygen atoms in total. The molecule has 7 heteroatoms. The van der Waals surface area contributed by atoms with Crippen LogP contribution in [0.2, 0.25) is 0 Å². The maximum atomic E-state index is 11.8. The third-order valence-corrected chi connectivity index (χ3v) is 2.83. The van der Waals surface area contributed by atoms with Crippen molar-refractivity contribution in [2.75, 3.05) is 33.9 Å². The van der Waals surface area contributed by atoms with E-state index < -0.39 is 18.5 Å². The molecule has 0 bridgehead atoms. The number of rotatable bonds is 8. The normalized spacial score (nSPS) is 9.87. The molecule has 0 aliphatic rings. The van der Waals surface area contributed by atoms with E-state index in [1.165, 1.54) is 4.90 Å². The quantitative estimate of drug-likeness (QED) is 0.717. The van der Waals surface area contributed by atoms with Crippen LogP contribution in [0.3, 0.4) is 0 Å². The molecule has 0 saturated heterocycles. The molecule has 0 unspecified atom stereocenters. The minimum atomic E-state index is -0.610. The summed E-state index contributed by atoms with van der Waals surface area (Å²) in [5, 5.41) is 2.38. The predicted octanol–water partition coefficient (Wildman–Crippen LogP) is 0.837. The molecule has 1 aromatic carbocycles. The zero-order valence-corrected chi connectivity index (χ0v) is 13.6. The van der Waals surface area contributed by atoms with Crippen LogP contribution in [0.15, 0.2) is 24.3 Å². The Hall–Kier alpha value is -2.57. The van der Waals surface area contributed by atoms with E-state index in [-0.39, 0.29) is 12.5 Å². The highest BCUT2D eigenvalue weighted by molar-refractivity contribution is 5.92. The van der Waals surface area contributed by atoms with Crippen molar-refractivity contribution in [1.82, 2.24) is 10.2 Å². The van der Waals surface area contributed by atoms with Crippen LogP contribution in [0.1, 0.15) is 23.7 Å². The van der Waals surface area contributed by atoms with Gasteiger partial charge in [0.05, 0.1) is 18.7 Å². The van der Waals surface area contributed by atoms with Gasteiger partial charge in [-0.2, -0.15) is 0 Å². The van der Waals surface area contributed by atoms with Gasteiger partial charge in [0.2, 0.25) is 5.91 Å². The van der Waals surface area contributed by atoms with Crippen molar-refractivity contribution in [2.24, 2.45) is 0 Å². The fourth-order valence-electron chi connectivity index (χ4n) is 1.50. The highest BCUT2D eigenvalue weighted by Crippen LogP contribution is 2.13. The van der Waals surface area contributed by atoms with Crippen LogP contribution in [-0.4, -0.2) is 56.5 Å². The second-order valence-corrected chi connectivity index (χ2v) is 5.01. The first-order valence-corrected chi connectivity index (χ1v) is 7.31. The van der Waals surface area contributed by atoms with Crippen molar-refractivity contribution in [3.63, 3.8) is 0 Å². The number of nitrogens with one attached hydrogen (secondary N) is 1. The van der Waals surface area contributed by atoms with Crippen molar-refractivity contribution in [2.45, 2.75) is 13.3 Å². The second-order valence-electron chi connectivity index (χ2n) is 5.01. The van der Waals surface area contributed by atoms with Crippen molar-refractivity contribution in [3.05, 3.63) is 29.8 Å². The van der Waals surface area contributed by atoms with Gasteiger partial charge in [-0.3, -0.25) is 9.59 Å². The Bertz CT molecular complexity index is 540. The molecule has 23 heavy (non-hydrogen) atoms. The minimum Gasteiger partial charge on any atom is -0.494 e. The fourth-order valence-corrected chi connectivity index (χ4v) is 1.50. The van der Waals surface area contributed by atoms with Gasteiger partial charge in [0, 0.05) is 14.1 Å². The third kappa shape index (κ3) is 6.82. The molecule has 126 valence electrons. The predicted molar refractivity (Wildman–Crippen MR) is 84.2 cm³/mol. The van der Waals surface area contributed by atoms with Crippen molar-refractivity contribution >= 4 is 17.8 Å². The molecule has 1 aromatic rings. The van der Waals surface area contributed by atoms with E-state index in [1.807, 2.05) is 6.92 Å². The van der Waals surface area contributed by atoms with E-state index in [0.29, 0.717) is 17.9 Å². The number of nitrogens with zero attached hydrogens (tertiary/aromatic N) is 1. The van der Waals surface area contributed by atoms with Crippen LogP contribution >= 0.6 is 0 Å². The molecule has 2 amide bonds. The Balaban J connectivity index is 2.38. The summed E-state index contributed by atoms with van der Waals surface area (Å²) in [5.41, 5.74) is 0.325. The monoisotopic (exact) mass is 322 g/mol. The first kappa shape index (κ1) is 18.5. The average molecular weight is 322 g/mol. The number of hydrogen-bond acceptors (Lipinski definition) is 5. The molecule has 0 aromatic heterocycles. The highest BCUT2D eigenvalue weighted by atomic mass is 16.5. The van der Waals surface area contributed by atoms with Gasteiger partial charge < -0.3 is 19.7 Å². The fraction of sp³-hybridized carbons (Fsp3) is 0.438. The number of carbonyl (C=O) groups excluding carboxylic acids is 3. The van der Waals surface area contributed by atoms with Gasteiger partial charge in [0.25, 0.3) is 5.91 Å². The molecule has 0 spiro atoms. The molecule has 0 aliphatic carbocycles. The molecule has 0 saturated carbocycles. The Labute approximate surface area is 135 Å². The van der Waals surface area contributed by atoms with Gasteiger partial charge in [-0.15, -0.1) is 0 Å². The molecule has 1 N–H and O–H groups in total. The lowest BCUT2D eigenvalue weighted by molar-refractivity contribution is -0.131. The van der Waals surface area contributed by atoms with Crippen LogP contribution < -0.4 is 10.1 Å². The van der Waals surface area contributed by atoms with Crippen molar-refractivity contribution < 1.29 is 23.9 Å². The summed E-state index contributed by atoms with van der Waals surface area (Å²) in [5.74, 6) is -0.715. The smallest absolute Gasteiger partial charge is 0.338 e. The Morgan fingerprint density at radius 1 is 1.13 bits per heavy atom.